The predicted octanol–water partition coefficient (Wildman–Crippen LogP) is 3.14. The van der Waals surface area contributed by atoms with Crippen LogP contribution in [-0.4, -0.2) is 21.5 Å². The molecule has 1 aromatic carbocycles. The van der Waals surface area contributed by atoms with Gasteiger partial charge in [-0.15, -0.1) is 0 Å². The third-order valence-corrected chi connectivity index (χ3v) is 2.86. The van der Waals surface area contributed by atoms with Crippen LogP contribution in [0.2, 0.25) is 10.6 Å². The van der Waals surface area contributed by atoms with Crippen molar-refractivity contribution in [1.29, 1.82) is 0 Å². The molecule has 0 atom stereocenters. The number of aromatic nitrogens is 3. The Balaban J connectivity index is 1.94. The van der Waals surface area contributed by atoms with Gasteiger partial charge in [0, 0.05) is 6.54 Å². The van der Waals surface area contributed by atoms with Crippen LogP contribution in [0, 0.1) is 6.92 Å². The van der Waals surface area contributed by atoms with Crippen molar-refractivity contribution < 1.29 is 0 Å². The molecule has 0 unspecified atom stereocenters. The molecule has 1 N–H and O–H groups in total. The van der Waals surface area contributed by atoms with Gasteiger partial charge in [0.25, 0.3) is 0 Å². The Morgan fingerprint density at radius 2 is 1.72 bits per heavy atom. The van der Waals surface area contributed by atoms with Gasteiger partial charge >= 0.3 is 0 Å². The van der Waals surface area contributed by atoms with Gasteiger partial charge in [-0.3, -0.25) is 0 Å². The quantitative estimate of drug-likeness (QED) is 0.936. The molecule has 0 radical (unpaired) electrons. The first kappa shape index (κ1) is 13.1. The Bertz CT molecular complexity index is 525. The second kappa shape index (κ2) is 5.98. The molecule has 1 heterocycles. The van der Waals surface area contributed by atoms with Gasteiger partial charge < -0.3 is 5.32 Å². The standard InChI is InChI=1S/C12H12Cl2N4/c1-8-4-2-3-5-9(8)6-7-15-12-17-10(13)16-11(14)18-12/h2-5H,6-7H2,1H3,(H,15,16,17,18). The van der Waals surface area contributed by atoms with Gasteiger partial charge in [-0.1, -0.05) is 24.3 Å². The van der Waals surface area contributed by atoms with E-state index in [0.29, 0.717) is 12.5 Å². The summed E-state index contributed by atoms with van der Waals surface area (Å²) in [5, 5.41) is 3.25. The fourth-order valence-corrected chi connectivity index (χ4v) is 1.97. The highest BCUT2D eigenvalue weighted by Crippen LogP contribution is 2.11. The van der Waals surface area contributed by atoms with Crippen LogP contribution in [-0.2, 0) is 6.42 Å². The van der Waals surface area contributed by atoms with E-state index in [-0.39, 0.29) is 10.6 Å². The molecule has 0 amide bonds. The summed E-state index contributed by atoms with van der Waals surface area (Å²) < 4.78 is 0. The van der Waals surface area contributed by atoms with E-state index in [2.05, 4.69) is 39.3 Å². The lowest BCUT2D eigenvalue weighted by molar-refractivity contribution is 0.956. The first-order valence-corrected chi connectivity index (χ1v) is 6.26. The smallest absolute Gasteiger partial charge is 0.228 e. The van der Waals surface area contributed by atoms with Crippen molar-refractivity contribution in [3.63, 3.8) is 0 Å². The van der Waals surface area contributed by atoms with Crippen LogP contribution < -0.4 is 5.32 Å². The normalized spacial score (nSPS) is 10.4. The maximum Gasteiger partial charge on any atom is 0.228 e. The van der Waals surface area contributed by atoms with Crippen LogP contribution in [0.4, 0.5) is 5.95 Å². The summed E-state index contributed by atoms with van der Waals surface area (Å²) in [5.41, 5.74) is 2.56. The zero-order chi connectivity index (χ0) is 13.0. The molecule has 94 valence electrons. The van der Waals surface area contributed by atoms with Gasteiger partial charge in [0.05, 0.1) is 0 Å². The zero-order valence-corrected chi connectivity index (χ0v) is 11.3. The monoisotopic (exact) mass is 282 g/mol. The minimum atomic E-state index is 0.0911. The van der Waals surface area contributed by atoms with Crippen LogP contribution in [0.15, 0.2) is 24.3 Å². The summed E-state index contributed by atoms with van der Waals surface area (Å²) >= 11 is 11.4. The van der Waals surface area contributed by atoms with Crippen LogP contribution in [0.1, 0.15) is 11.1 Å². The summed E-state index contributed by atoms with van der Waals surface area (Å²) in [4.78, 5) is 11.6. The lowest BCUT2D eigenvalue weighted by Crippen LogP contribution is -2.09. The molecule has 0 aliphatic rings. The number of nitrogens with one attached hydrogen (secondary N) is 1. The Morgan fingerprint density at radius 3 is 2.39 bits per heavy atom. The van der Waals surface area contributed by atoms with Crippen molar-refractivity contribution in [1.82, 2.24) is 15.0 Å². The Labute approximate surface area is 115 Å². The van der Waals surface area contributed by atoms with E-state index in [0.717, 1.165) is 6.42 Å². The van der Waals surface area contributed by atoms with E-state index in [1.165, 1.54) is 11.1 Å². The maximum atomic E-state index is 5.68. The summed E-state index contributed by atoms with van der Waals surface area (Å²) in [6.45, 7) is 2.80. The number of nitrogens with zero attached hydrogens (tertiary/aromatic N) is 3. The molecule has 6 heteroatoms. The van der Waals surface area contributed by atoms with E-state index in [9.17, 15) is 0 Å². The molecular formula is C12H12Cl2N4. The number of benzene rings is 1. The van der Waals surface area contributed by atoms with Gasteiger partial charge in [0.2, 0.25) is 16.5 Å². The number of aryl methyl sites for hydroxylation is 1. The van der Waals surface area contributed by atoms with Crippen LogP contribution in [0.3, 0.4) is 0 Å². The molecule has 0 aliphatic carbocycles. The Morgan fingerprint density at radius 1 is 1.06 bits per heavy atom. The lowest BCUT2D eigenvalue weighted by atomic mass is 10.1. The Kier molecular flexibility index (Phi) is 4.33. The minimum Gasteiger partial charge on any atom is -0.354 e. The largest absolute Gasteiger partial charge is 0.354 e. The molecule has 0 saturated carbocycles. The maximum absolute atomic E-state index is 5.68. The van der Waals surface area contributed by atoms with Gasteiger partial charge in [0.1, 0.15) is 0 Å². The van der Waals surface area contributed by atoms with Gasteiger partial charge in [-0.25, -0.2) is 0 Å². The first-order valence-electron chi connectivity index (χ1n) is 5.50. The first-order chi connectivity index (χ1) is 8.65. The molecule has 0 aliphatic heterocycles. The van der Waals surface area contributed by atoms with Crippen molar-refractivity contribution in [3.8, 4) is 0 Å². The van der Waals surface area contributed by atoms with Crippen molar-refractivity contribution in [2.45, 2.75) is 13.3 Å². The highest BCUT2D eigenvalue weighted by Gasteiger charge is 2.03. The zero-order valence-electron chi connectivity index (χ0n) is 9.82. The summed E-state index contributed by atoms with van der Waals surface area (Å²) in [7, 11) is 0. The summed E-state index contributed by atoms with van der Waals surface area (Å²) in [5.74, 6) is 0.397. The fourth-order valence-electron chi connectivity index (χ4n) is 1.60. The molecule has 1 aromatic heterocycles. The molecule has 0 bridgehead atoms. The van der Waals surface area contributed by atoms with Crippen LogP contribution in [0.25, 0.3) is 0 Å². The van der Waals surface area contributed by atoms with E-state index < -0.39 is 0 Å². The molecule has 18 heavy (non-hydrogen) atoms. The van der Waals surface area contributed by atoms with Gasteiger partial charge in [0.15, 0.2) is 0 Å². The second-order valence-corrected chi connectivity index (χ2v) is 4.48. The average Bonchev–Trinajstić information content (AvgIpc) is 2.30. The molecule has 2 rings (SSSR count). The molecule has 0 spiro atoms. The highest BCUT2D eigenvalue weighted by atomic mass is 35.5. The number of hydrogen-bond acceptors (Lipinski definition) is 4. The number of hydrogen-bond donors (Lipinski definition) is 1. The van der Waals surface area contributed by atoms with Crippen LogP contribution in [0.5, 0.6) is 0 Å². The van der Waals surface area contributed by atoms with E-state index >= 15 is 0 Å². The van der Waals surface area contributed by atoms with E-state index in [1.54, 1.807) is 0 Å². The van der Waals surface area contributed by atoms with Crippen molar-refractivity contribution in [2.75, 3.05) is 11.9 Å². The summed E-state index contributed by atoms with van der Waals surface area (Å²) in [6, 6.07) is 8.24. The van der Waals surface area contributed by atoms with E-state index in [4.69, 9.17) is 23.2 Å². The highest BCUT2D eigenvalue weighted by molar-refractivity contribution is 6.31. The summed E-state index contributed by atoms with van der Waals surface area (Å²) in [6.07, 6.45) is 0.883. The number of rotatable bonds is 4. The molecule has 0 saturated heterocycles. The van der Waals surface area contributed by atoms with Gasteiger partial charge in [-0.2, -0.15) is 15.0 Å². The predicted molar refractivity (Wildman–Crippen MR) is 73.2 cm³/mol. The topological polar surface area (TPSA) is 50.7 Å². The molecule has 0 fully saturated rings. The number of anilines is 1. The molecule has 4 nitrogen and oxygen atoms in total. The van der Waals surface area contributed by atoms with E-state index in [1.807, 2.05) is 12.1 Å². The lowest BCUT2D eigenvalue weighted by Gasteiger charge is -2.07. The average molecular weight is 283 g/mol. The number of halogens is 2. The minimum absolute atomic E-state index is 0.0911. The van der Waals surface area contributed by atoms with Crippen molar-refractivity contribution >= 4 is 29.2 Å². The van der Waals surface area contributed by atoms with Crippen molar-refractivity contribution in [2.24, 2.45) is 0 Å². The third kappa shape index (κ3) is 3.55. The SMILES string of the molecule is Cc1ccccc1CCNc1nc(Cl)nc(Cl)n1. The van der Waals surface area contributed by atoms with Gasteiger partial charge in [-0.05, 0) is 47.7 Å². The van der Waals surface area contributed by atoms with Crippen LogP contribution >= 0.6 is 23.2 Å². The second-order valence-electron chi connectivity index (χ2n) is 3.80. The Hall–Kier alpha value is -1.39. The fraction of sp³-hybridized carbons (Fsp3) is 0.250. The molecular weight excluding hydrogens is 271 g/mol. The van der Waals surface area contributed by atoms with Crippen molar-refractivity contribution in [3.05, 3.63) is 46.0 Å². The molecule has 2 aromatic rings. The third-order valence-electron chi connectivity index (χ3n) is 2.52.